The summed E-state index contributed by atoms with van der Waals surface area (Å²) in [5.74, 6) is -0.166. The molecule has 2 aromatic carbocycles. The zero-order valence-electron chi connectivity index (χ0n) is 13.1. The van der Waals surface area contributed by atoms with Gasteiger partial charge in [0.25, 0.3) is 10.0 Å². The van der Waals surface area contributed by atoms with E-state index in [1.54, 1.807) is 12.1 Å². The number of nitrogens with one attached hydrogen (secondary N) is 1. The van der Waals surface area contributed by atoms with Crippen LogP contribution in [0.4, 0.5) is 5.69 Å². The molecule has 1 amide bonds. The first-order valence-corrected chi connectivity index (χ1v) is 8.84. The fourth-order valence-corrected chi connectivity index (χ4v) is 3.19. The monoisotopic (exact) mass is 332 g/mol. The Balaban J connectivity index is 2.19. The molecular weight excluding hydrogens is 312 g/mol. The molecular formula is C17H20N2O3S. The standard InChI is InChI=1S/C17H20N2O3S/c1-3-12(2)13-6-10-16(11-7-13)23(21,22)19-15-8-4-14(5-9-15)17(18)20/h4-12,19H,3H2,1-2H3,(H2,18,20)/t12-/m0/s1. The van der Waals surface area contributed by atoms with E-state index in [1.165, 1.54) is 24.3 Å². The lowest BCUT2D eigenvalue weighted by Crippen LogP contribution is -2.14. The molecule has 0 aliphatic carbocycles. The average molecular weight is 332 g/mol. The Hall–Kier alpha value is -2.34. The summed E-state index contributed by atoms with van der Waals surface area (Å²) in [5.41, 5.74) is 6.96. The number of benzene rings is 2. The van der Waals surface area contributed by atoms with Gasteiger partial charge in [-0.1, -0.05) is 26.0 Å². The van der Waals surface area contributed by atoms with Gasteiger partial charge >= 0.3 is 0 Å². The van der Waals surface area contributed by atoms with Gasteiger partial charge < -0.3 is 5.73 Å². The topological polar surface area (TPSA) is 89.3 Å². The van der Waals surface area contributed by atoms with Gasteiger partial charge in [0.1, 0.15) is 0 Å². The van der Waals surface area contributed by atoms with Crippen molar-refractivity contribution < 1.29 is 13.2 Å². The van der Waals surface area contributed by atoms with Crippen molar-refractivity contribution in [2.45, 2.75) is 31.1 Å². The van der Waals surface area contributed by atoms with Gasteiger partial charge in [0.05, 0.1) is 4.90 Å². The molecule has 1 atom stereocenters. The number of nitrogens with two attached hydrogens (primary N) is 1. The first kappa shape index (κ1) is 17.0. The normalized spacial score (nSPS) is 12.6. The molecule has 0 bridgehead atoms. The molecule has 0 fully saturated rings. The molecule has 122 valence electrons. The molecule has 2 rings (SSSR count). The van der Waals surface area contributed by atoms with E-state index in [-0.39, 0.29) is 4.90 Å². The first-order valence-electron chi connectivity index (χ1n) is 7.36. The predicted molar refractivity (Wildman–Crippen MR) is 90.9 cm³/mol. The van der Waals surface area contributed by atoms with Crippen molar-refractivity contribution >= 4 is 21.6 Å². The average Bonchev–Trinajstić information content (AvgIpc) is 2.54. The Morgan fingerprint density at radius 3 is 2.13 bits per heavy atom. The zero-order chi connectivity index (χ0) is 17.0. The summed E-state index contributed by atoms with van der Waals surface area (Å²) in [6, 6.07) is 12.8. The number of anilines is 1. The second-order valence-corrected chi connectivity index (χ2v) is 7.11. The summed E-state index contributed by atoms with van der Waals surface area (Å²) in [6.45, 7) is 4.19. The second kappa shape index (κ2) is 6.83. The Labute approximate surface area is 136 Å². The number of hydrogen-bond acceptors (Lipinski definition) is 3. The van der Waals surface area contributed by atoms with E-state index in [1.807, 2.05) is 12.1 Å². The van der Waals surface area contributed by atoms with Crippen LogP contribution in [0.25, 0.3) is 0 Å². The van der Waals surface area contributed by atoms with Crippen molar-refractivity contribution in [3.8, 4) is 0 Å². The summed E-state index contributed by atoms with van der Waals surface area (Å²) >= 11 is 0. The summed E-state index contributed by atoms with van der Waals surface area (Å²) in [7, 11) is -3.66. The Morgan fingerprint density at radius 2 is 1.65 bits per heavy atom. The van der Waals surface area contributed by atoms with Gasteiger partial charge in [0.2, 0.25) is 5.91 Å². The van der Waals surface area contributed by atoms with E-state index < -0.39 is 15.9 Å². The number of sulfonamides is 1. The lowest BCUT2D eigenvalue weighted by atomic mass is 9.99. The number of carbonyl (C=O) groups excluding carboxylic acids is 1. The van der Waals surface area contributed by atoms with Crippen molar-refractivity contribution in [1.82, 2.24) is 0 Å². The van der Waals surface area contributed by atoms with Crippen molar-refractivity contribution in [3.63, 3.8) is 0 Å². The molecule has 0 aliphatic heterocycles. The van der Waals surface area contributed by atoms with Crippen molar-refractivity contribution in [3.05, 3.63) is 59.7 Å². The van der Waals surface area contributed by atoms with Crippen LogP contribution >= 0.6 is 0 Å². The smallest absolute Gasteiger partial charge is 0.261 e. The van der Waals surface area contributed by atoms with Crippen LogP contribution in [0, 0.1) is 0 Å². The number of rotatable bonds is 6. The van der Waals surface area contributed by atoms with Gasteiger partial charge in [0.15, 0.2) is 0 Å². The maximum absolute atomic E-state index is 12.4. The molecule has 0 saturated carbocycles. The highest BCUT2D eigenvalue weighted by Gasteiger charge is 2.15. The SMILES string of the molecule is CC[C@H](C)c1ccc(S(=O)(=O)Nc2ccc(C(N)=O)cc2)cc1. The number of amides is 1. The van der Waals surface area contributed by atoms with Gasteiger partial charge in [-0.25, -0.2) is 8.42 Å². The summed E-state index contributed by atoms with van der Waals surface area (Å²) in [6.07, 6.45) is 0.997. The van der Waals surface area contributed by atoms with Crippen molar-refractivity contribution in [1.29, 1.82) is 0 Å². The predicted octanol–water partition coefficient (Wildman–Crippen LogP) is 3.10. The summed E-state index contributed by atoms with van der Waals surface area (Å²) in [4.78, 5) is 11.2. The minimum atomic E-state index is -3.66. The van der Waals surface area contributed by atoms with Crippen LogP contribution in [0.5, 0.6) is 0 Å². The van der Waals surface area contributed by atoms with E-state index in [0.29, 0.717) is 17.2 Å². The summed E-state index contributed by atoms with van der Waals surface area (Å²) < 4.78 is 27.2. The molecule has 0 aromatic heterocycles. The van der Waals surface area contributed by atoms with E-state index in [0.717, 1.165) is 12.0 Å². The molecule has 3 N–H and O–H groups in total. The molecule has 0 heterocycles. The third-order valence-corrected chi connectivity index (χ3v) is 5.19. The molecule has 5 nitrogen and oxygen atoms in total. The molecule has 0 radical (unpaired) electrons. The summed E-state index contributed by atoms with van der Waals surface area (Å²) in [5, 5.41) is 0. The number of primary amides is 1. The second-order valence-electron chi connectivity index (χ2n) is 5.43. The zero-order valence-corrected chi connectivity index (χ0v) is 13.9. The van der Waals surface area contributed by atoms with Crippen LogP contribution in [0.2, 0.25) is 0 Å². The van der Waals surface area contributed by atoms with Gasteiger partial charge in [-0.15, -0.1) is 0 Å². The molecule has 0 spiro atoms. The molecule has 23 heavy (non-hydrogen) atoms. The number of hydrogen-bond donors (Lipinski definition) is 2. The van der Waals surface area contributed by atoms with E-state index in [4.69, 9.17) is 5.73 Å². The van der Waals surface area contributed by atoms with Crippen LogP contribution in [0.15, 0.2) is 53.4 Å². The minimum Gasteiger partial charge on any atom is -0.366 e. The highest BCUT2D eigenvalue weighted by molar-refractivity contribution is 7.92. The maximum atomic E-state index is 12.4. The quantitative estimate of drug-likeness (QED) is 0.852. The highest BCUT2D eigenvalue weighted by Crippen LogP contribution is 2.22. The molecule has 6 heteroatoms. The fraction of sp³-hybridized carbons (Fsp3) is 0.235. The first-order chi connectivity index (χ1) is 10.8. The molecule has 0 unspecified atom stereocenters. The van der Waals surface area contributed by atoms with E-state index in [9.17, 15) is 13.2 Å². The van der Waals surface area contributed by atoms with Crippen molar-refractivity contribution in [2.24, 2.45) is 5.73 Å². The van der Waals surface area contributed by atoms with E-state index >= 15 is 0 Å². The molecule has 2 aromatic rings. The Kier molecular flexibility index (Phi) is 5.05. The van der Waals surface area contributed by atoms with Gasteiger partial charge in [-0.05, 0) is 54.3 Å². The van der Waals surface area contributed by atoms with Gasteiger partial charge in [-0.2, -0.15) is 0 Å². The Bertz CT molecular complexity index is 782. The van der Waals surface area contributed by atoms with Crippen LogP contribution in [-0.2, 0) is 10.0 Å². The van der Waals surface area contributed by atoms with Crippen LogP contribution in [0.3, 0.4) is 0 Å². The van der Waals surface area contributed by atoms with Gasteiger partial charge in [0, 0.05) is 11.3 Å². The highest BCUT2D eigenvalue weighted by atomic mass is 32.2. The maximum Gasteiger partial charge on any atom is 0.261 e. The van der Waals surface area contributed by atoms with Crippen LogP contribution in [-0.4, -0.2) is 14.3 Å². The lowest BCUT2D eigenvalue weighted by Gasteiger charge is -2.11. The largest absolute Gasteiger partial charge is 0.366 e. The van der Waals surface area contributed by atoms with Gasteiger partial charge in [-0.3, -0.25) is 9.52 Å². The lowest BCUT2D eigenvalue weighted by molar-refractivity contribution is 0.100. The number of carbonyl (C=O) groups is 1. The van der Waals surface area contributed by atoms with Crippen molar-refractivity contribution in [2.75, 3.05) is 4.72 Å². The minimum absolute atomic E-state index is 0.198. The third-order valence-electron chi connectivity index (χ3n) is 3.79. The van der Waals surface area contributed by atoms with Crippen LogP contribution < -0.4 is 10.5 Å². The fourth-order valence-electron chi connectivity index (χ4n) is 2.13. The molecule has 0 saturated heterocycles. The Morgan fingerprint density at radius 1 is 1.09 bits per heavy atom. The third kappa shape index (κ3) is 4.10. The van der Waals surface area contributed by atoms with E-state index in [2.05, 4.69) is 18.6 Å². The molecule has 0 aliphatic rings. The van der Waals surface area contributed by atoms with Crippen LogP contribution in [0.1, 0.15) is 42.1 Å².